The number of carbonyl (C=O) groups is 2. The van der Waals surface area contributed by atoms with Gasteiger partial charge in [0.25, 0.3) is 5.91 Å². The van der Waals surface area contributed by atoms with E-state index in [9.17, 15) is 18.0 Å². The van der Waals surface area contributed by atoms with E-state index in [0.29, 0.717) is 24.5 Å². The molecule has 0 radical (unpaired) electrons. The number of halogens is 1. The number of methoxy groups -OCH3 is 1. The number of fused-ring (bicyclic) bond motifs is 2. The number of sulfone groups is 1. The van der Waals surface area contributed by atoms with Crippen molar-refractivity contribution in [2.75, 3.05) is 36.7 Å². The lowest BCUT2D eigenvalue weighted by molar-refractivity contribution is -0.116. The summed E-state index contributed by atoms with van der Waals surface area (Å²) >= 11 is 4.73. The van der Waals surface area contributed by atoms with E-state index in [1.165, 1.54) is 16.2 Å². The van der Waals surface area contributed by atoms with Crippen LogP contribution >= 0.6 is 27.3 Å². The number of aromatic nitrogens is 1. The summed E-state index contributed by atoms with van der Waals surface area (Å²) in [5.41, 5.74) is 2.63. The Balaban J connectivity index is 1.53. The summed E-state index contributed by atoms with van der Waals surface area (Å²) in [6, 6.07) is 13.2. The van der Waals surface area contributed by atoms with Gasteiger partial charge in [0, 0.05) is 30.4 Å². The summed E-state index contributed by atoms with van der Waals surface area (Å²) in [4.78, 5) is 31.4. The van der Waals surface area contributed by atoms with Crippen molar-refractivity contribution in [2.24, 2.45) is 4.99 Å². The van der Waals surface area contributed by atoms with Gasteiger partial charge < -0.3 is 14.2 Å². The van der Waals surface area contributed by atoms with E-state index in [1.54, 1.807) is 7.11 Å². The summed E-state index contributed by atoms with van der Waals surface area (Å²) in [5.74, 6) is -2.88. The number of hydrogen-bond acceptors (Lipinski definition) is 6. The number of para-hydroxylation sites is 1. The first-order valence-electron chi connectivity index (χ1n) is 10.7. The van der Waals surface area contributed by atoms with E-state index < -0.39 is 33.2 Å². The van der Waals surface area contributed by atoms with E-state index in [4.69, 9.17) is 4.74 Å². The molecule has 4 rings (SSSR count). The molecule has 3 aromatic rings. The maximum absolute atomic E-state index is 12.8. The molecule has 0 saturated heterocycles. The Morgan fingerprint density at radius 2 is 1.97 bits per heavy atom. The van der Waals surface area contributed by atoms with Crippen molar-refractivity contribution in [3.8, 4) is 0 Å². The molecule has 0 atom stereocenters. The van der Waals surface area contributed by atoms with E-state index in [0.717, 1.165) is 38.8 Å². The van der Waals surface area contributed by atoms with Crippen molar-refractivity contribution in [3.63, 3.8) is 0 Å². The van der Waals surface area contributed by atoms with E-state index in [1.807, 2.05) is 47.0 Å². The second kappa shape index (κ2) is 10.5. The number of aryl methyl sites for hydroxylation is 1. The molecule has 1 aliphatic heterocycles. The summed E-state index contributed by atoms with van der Waals surface area (Å²) < 4.78 is 34.2. The first-order chi connectivity index (χ1) is 16.3. The number of carbonyl (C=O) groups excluding carboxylic acids is 2. The number of thiazole rings is 1. The molecular formula is C23H24BrN3O5S2. The standard InChI is InChI=1S/C23H24BrN3O5S2/c1-32-12-11-27-19-9-8-17(24)13-20(19)33-23(27)25-21(28)14-34(30,31)15-22(29)26-10-4-6-16-5-2-3-7-18(16)26/h2-3,5,7-9,13H,4,6,10-12,14-15H2,1H3. The van der Waals surface area contributed by atoms with Crippen molar-refractivity contribution >= 4 is 64.8 Å². The second-order valence-electron chi connectivity index (χ2n) is 7.96. The second-order valence-corrected chi connectivity index (χ2v) is 11.9. The molecule has 0 aliphatic carbocycles. The zero-order valence-electron chi connectivity index (χ0n) is 18.6. The molecule has 180 valence electrons. The van der Waals surface area contributed by atoms with Crippen LogP contribution in [0.1, 0.15) is 12.0 Å². The van der Waals surface area contributed by atoms with Crippen molar-refractivity contribution in [2.45, 2.75) is 19.4 Å². The lowest BCUT2D eigenvalue weighted by atomic mass is 10.0. The highest BCUT2D eigenvalue weighted by atomic mass is 79.9. The maximum Gasteiger partial charge on any atom is 0.263 e. The van der Waals surface area contributed by atoms with Crippen molar-refractivity contribution < 1.29 is 22.7 Å². The molecule has 8 nitrogen and oxygen atoms in total. The third-order valence-corrected chi connectivity index (χ3v) is 8.39. The van der Waals surface area contributed by atoms with Crippen LogP contribution in [0.5, 0.6) is 0 Å². The third kappa shape index (κ3) is 5.65. The lowest BCUT2D eigenvalue weighted by Crippen LogP contribution is -2.40. The molecule has 0 N–H and O–H groups in total. The molecule has 34 heavy (non-hydrogen) atoms. The molecular weight excluding hydrogens is 542 g/mol. The number of rotatable bonds is 7. The number of ether oxygens (including phenoxy) is 1. The van der Waals surface area contributed by atoms with E-state index in [-0.39, 0.29) is 0 Å². The fourth-order valence-electron chi connectivity index (χ4n) is 3.97. The monoisotopic (exact) mass is 565 g/mol. The Bertz CT molecular complexity index is 1410. The zero-order chi connectivity index (χ0) is 24.3. The molecule has 2 aromatic carbocycles. The number of anilines is 1. The topological polar surface area (TPSA) is 98.0 Å². The van der Waals surface area contributed by atoms with Crippen LogP contribution in [0.3, 0.4) is 0 Å². The van der Waals surface area contributed by atoms with Crippen LogP contribution in [0.15, 0.2) is 51.9 Å². The average Bonchev–Trinajstić information content (AvgIpc) is 3.11. The summed E-state index contributed by atoms with van der Waals surface area (Å²) in [5, 5.41) is 0. The smallest absolute Gasteiger partial charge is 0.263 e. The molecule has 1 aromatic heterocycles. The first kappa shape index (κ1) is 24.8. The van der Waals surface area contributed by atoms with Gasteiger partial charge in [-0.2, -0.15) is 4.99 Å². The molecule has 2 heterocycles. The van der Waals surface area contributed by atoms with Gasteiger partial charge in [0.15, 0.2) is 14.6 Å². The number of hydrogen-bond donors (Lipinski definition) is 0. The summed E-state index contributed by atoms with van der Waals surface area (Å²) in [6.45, 7) is 1.33. The van der Waals surface area contributed by atoms with Gasteiger partial charge in [-0.1, -0.05) is 45.5 Å². The van der Waals surface area contributed by atoms with Gasteiger partial charge in [-0.3, -0.25) is 9.59 Å². The molecule has 1 aliphatic rings. The van der Waals surface area contributed by atoms with Gasteiger partial charge in [-0.05, 0) is 42.7 Å². The largest absolute Gasteiger partial charge is 0.383 e. The zero-order valence-corrected chi connectivity index (χ0v) is 21.8. The fourth-order valence-corrected chi connectivity index (χ4v) is 6.67. The van der Waals surface area contributed by atoms with E-state index >= 15 is 0 Å². The fraction of sp³-hybridized carbons (Fsp3) is 0.348. The van der Waals surface area contributed by atoms with Crippen LogP contribution in [0.2, 0.25) is 0 Å². The molecule has 0 unspecified atom stereocenters. The van der Waals surface area contributed by atoms with E-state index in [2.05, 4.69) is 20.9 Å². The Labute approximate surface area is 209 Å². The molecule has 2 amide bonds. The van der Waals surface area contributed by atoms with Gasteiger partial charge >= 0.3 is 0 Å². The van der Waals surface area contributed by atoms with Gasteiger partial charge in [-0.15, -0.1) is 0 Å². The molecule has 11 heteroatoms. The van der Waals surface area contributed by atoms with Crippen LogP contribution in [0.4, 0.5) is 5.69 Å². The van der Waals surface area contributed by atoms with Gasteiger partial charge in [-0.25, -0.2) is 8.42 Å². The molecule has 0 spiro atoms. The van der Waals surface area contributed by atoms with Gasteiger partial charge in [0.1, 0.15) is 11.5 Å². The number of amides is 2. The minimum Gasteiger partial charge on any atom is -0.383 e. The Morgan fingerprint density at radius 3 is 2.76 bits per heavy atom. The quantitative estimate of drug-likeness (QED) is 0.438. The highest BCUT2D eigenvalue weighted by Crippen LogP contribution is 2.27. The van der Waals surface area contributed by atoms with Crippen molar-refractivity contribution in [3.05, 3.63) is 57.3 Å². The normalized spacial score (nSPS) is 14.4. The molecule has 0 fully saturated rings. The van der Waals surface area contributed by atoms with Crippen LogP contribution in [0, 0.1) is 0 Å². The predicted molar refractivity (Wildman–Crippen MR) is 136 cm³/mol. The minimum absolute atomic E-state index is 0.390. The third-order valence-electron chi connectivity index (χ3n) is 5.48. The lowest BCUT2D eigenvalue weighted by Gasteiger charge is -2.29. The van der Waals surface area contributed by atoms with Crippen LogP contribution in [-0.2, 0) is 37.1 Å². The summed E-state index contributed by atoms with van der Waals surface area (Å²) in [6.07, 6.45) is 1.61. The average molecular weight is 566 g/mol. The Hall–Kier alpha value is -2.34. The molecule has 0 saturated carbocycles. The van der Waals surface area contributed by atoms with Gasteiger partial charge in [0.2, 0.25) is 5.91 Å². The highest BCUT2D eigenvalue weighted by Gasteiger charge is 2.28. The molecule has 0 bridgehead atoms. The van der Waals surface area contributed by atoms with Crippen LogP contribution in [0.25, 0.3) is 10.2 Å². The minimum atomic E-state index is -3.99. The predicted octanol–water partition coefficient (Wildman–Crippen LogP) is 2.93. The Morgan fingerprint density at radius 1 is 1.18 bits per heavy atom. The number of nitrogens with zero attached hydrogens (tertiary/aromatic N) is 3. The van der Waals surface area contributed by atoms with Crippen molar-refractivity contribution in [1.29, 1.82) is 0 Å². The SMILES string of the molecule is COCCn1c(=NC(=O)CS(=O)(=O)CC(=O)N2CCCc3ccccc32)sc2cc(Br)ccc21. The highest BCUT2D eigenvalue weighted by molar-refractivity contribution is 9.10. The van der Waals surface area contributed by atoms with Crippen LogP contribution < -0.4 is 9.70 Å². The summed E-state index contributed by atoms with van der Waals surface area (Å²) in [7, 11) is -2.41. The Kier molecular flexibility index (Phi) is 7.66. The first-order valence-corrected chi connectivity index (χ1v) is 14.1. The maximum atomic E-state index is 12.8. The number of benzene rings is 2. The van der Waals surface area contributed by atoms with Crippen LogP contribution in [-0.4, -0.2) is 56.6 Å². The van der Waals surface area contributed by atoms with Gasteiger partial charge in [0.05, 0.1) is 16.8 Å². The van der Waals surface area contributed by atoms with Crippen molar-refractivity contribution in [1.82, 2.24) is 4.57 Å².